The van der Waals surface area contributed by atoms with Crippen LogP contribution in [0, 0.1) is 12.7 Å². The fraction of sp³-hybridized carbons (Fsp3) is 0.400. The first-order chi connectivity index (χ1) is 30.9. The number of nitrogens with one attached hydrogen (secondary N) is 6. The fourth-order valence-electron chi connectivity index (χ4n) is 7.74. The number of anilines is 6. The molecule has 7 rings (SSSR count). The predicted molar refractivity (Wildman–Crippen MR) is 246 cm³/mol. The summed E-state index contributed by atoms with van der Waals surface area (Å²) in [5.41, 5.74) is 2.67. The number of carbonyl (C=O) groups is 5. The number of piperidine rings is 2. The first-order valence-corrected chi connectivity index (χ1v) is 23.4. The lowest BCUT2D eigenvalue weighted by molar-refractivity contribution is -0.136. The third kappa shape index (κ3) is 10.9. The van der Waals surface area contributed by atoms with Crippen LogP contribution in [-0.2, 0) is 19.6 Å². The van der Waals surface area contributed by atoms with Gasteiger partial charge in [-0.2, -0.15) is 4.98 Å². The lowest BCUT2D eigenvalue weighted by atomic mass is 10.0. The van der Waals surface area contributed by atoms with E-state index in [0.29, 0.717) is 35.0 Å². The molecule has 1 unspecified atom stereocenters. The van der Waals surface area contributed by atoms with Gasteiger partial charge in [-0.15, -0.1) is 0 Å². The molecule has 0 bridgehead atoms. The molecule has 4 aromatic rings. The highest BCUT2D eigenvalue weighted by molar-refractivity contribution is 7.94. The van der Waals surface area contributed by atoms with Gasteiger partial charge in [-0.05, 0) is 115 Å². The summed E-state index contributed by atoms with van der Waals surface area (Å²) in [5, 5.41) is 14.8. The molecule has 20 heteroatoms. The van der Waals surface area contributed by atoms with Crippen molar-refractivity contribution in [2.45, 2.75) is 89.5 Å². The second-order valence-corrected chi connectivity index (χ2v) is 20.2. The number of hydrogen-bond acceptors (Lipinski definition) is 13. The maximum Gasteiger partial charge on any atom is 0.264 e. The molecule has 0 aliphatic carbocycles. The lowest BCUT2D eigenvalue weighted by Gasteiger charge is -2.32. The molecule has 2 fully saturated rings. The average Bonchev–Trinajstić information content (AvgIpc) is 3.50. The summed E-state index contributed by atoms with van der Waals surface area (Å²) in [6.45, 7) is 9.57. The van der Waals surface area contributed by atoms with Crippen LogP contribution in [-0.4, -0.2) is 101 Å². The van der Waals surface area contributed by atoms with E-state index in [1.807, 2.05) is 0 Å². The molecule has 6 N–H and O–H groups in total. The maximum atomic E-state index is 15.4. The number of nitrogens with zero attached hydrogens (tertiary/aromatic N) is 4. The largest absolute Gasteiger partial charge is 0.384 e. The van der Waals surface area contributed by atoms with E-state index in [4.69, 9.17) is 11.6 Å². The Bertz CT molecular complexity index is 2640. The first kappa shape index (κ1) is 46.8. The molecule has 65 heavy (non-hydrogen) atoms. The molecular weight excluding hydrogens is 879 g/mol. The van der Waals surface area contributed by atoms with E-state index in [1.165, 1.54) is 12.1 Å². The number of likely N-dealkylation sites (tertiary alicyclic amines) is 1. The number of amides is 5. The third-order valence-electron chi connectivity index (χ3n) is 11.6. The molecule has 4 heterocycles. The fourth-order valence-corrected chi connectivity index (χ4v) is 8.72. The van der Waals surface area contributed by atoms with Crippen LogP contribution in [0.1, 0.15) is 102 Å². The average molecular weight is 931 g/mol. The summed E-state index contributed by atoms with van der Waals surface area (Å²) in [6.07, 6.45) is 5.86. The molecule has 3 aliphatic rings. The van der Waals surface area contributed by atoms with E-state index < -0.39 is 56.2 Å². The van der Waals surface area contributed by atoms with Gasteiger partial charge in [0.1, 0.15) is 17.7 Å². The highest BCUT2D eigenvalue weighted by atomic mass is 35.5. The predicted octanol–water partition coefficient (Wildman–Crippen LogP) is 6.48. The molecule has 1 aromatic heterocycles. The van der Waals surface area contributed by atoms with Crippen molar-refractivity contribution < 1.29 is 36.8 Å². The van der Waals surface area contributed by atoms with Crippen molar-refractivity contribution in [2.75, 3.05) is 46.9 Å². The summed E-state index contributed by atoms with van der Waals surface area (Å²) < 4.78 is 42.4. The number of hydrogen-bond donors (Lipinski definition) is 6. The summed E-state index contributed by atoms with van der Waals surface area (Å²) >= 11 is 6.30. The van der Waals surface area contributed by atoms with Crippen LogP contribution < -0.4 is 31.3 Å². The summed E-state index contributed by atoms with van der Waals surface area (Å²) in [4.78, 5) is 75.8. The minimum atomic E-state index is -3.73. The van der Waals surface area contributed by atoms with E-state index in [1.54, 1.807) is 76.4 Å². The number of fused-ring (bicyclic) bond motifs is 1. The van der Waals surface area contributed by atoms with Gasteiger partial charge in [0.15, 0.2) is 0 Å². The van der Waals surface area contributed by atoms with E-state index in [9.17, 15) is 32.4 Å². The van der Waals surface area contributed by atoms with Crippen LogP contribution in [0.5, 0.6) is 0 Å². The Morgan fingerprint density at radius 2 is 1.66 bits per heavy atom. The highest BCUT2D eigenvalue weighted by Gasteiger charge is 2.45. The van der Waals surface area contributed by atoms with Crippen LogP contribution in [0.3, 0.4) is 0 Å². The van der Waals surface area contributed by atoms with Gasteiger partial charge in [-0.3, -0.25) is 38.9 Å². The van der Waals surface area contributed by atoms with E-state index >= 15 is 4.39 Å². The summed E-state index contributed by atoms with van der Waals surface area (Å²) in [6, 6.07) is 12.9. The normalized spacial score (nSPS) is 17.1. The van der Waals surface area contributed by atoms with Crippen molar-refractivity contribution >= 4 is 85.7 Å². The highest BCUT2D eigenvalue weighted by Crippen LogP contribution is 2.34. The van der Waals surface area contributed by atoms with E-state index in [-0.39, 0.29) is 52.2 Å². The molecule has 1 atom stereocenters. The Morgan fingerprint density at radius 1 is 0.923 bits per heavy atom. The first-order valence-electron chi connectivity index (χ1n) is 21.5. The van der Waals surface area contributed by atoms with Gasteiger partial charge in [0.05, 0.1) is 32.1 Å². The van der Waals surface area contributed by atoms with Crippen LogP contribution >= 0.6 is 11.6 Å². The zero-order valence-electron chi connectivity index (χ0n) is 36.5. The molecule has 5 amide bonds. The van der Waals surface area contributed by atoms with Gasteiger partial charge in [-0.1, -0.05) is 24.1 Å². The number of unbranched alkanes of at least 4 members (excludes halogenated alkanes) is 2. The summed E-state index contributed by atoms with van der Waals surface area (Å²) in [5.74, 6) is -2.77. The second-order valence-electron chi connectivity index (χ2n) is 17.3. The Kier molecular flexibility index (Phi) is 14.0. The van der Waals surface area contributed by atoms with Crippen LogP contribution in [0.4, 0.5) is 38.9 Å². The van der Waals surface area contributed by atoms with Gasteiger partial charge in [-0.25, -0.2) is 17.8 Å². The van der Waals surface area contributed by atoms with Crippen molar-refractivity contribution in [3.05, 3.63) is 93.9 Å². The molecule has 2 saturated heterocycles. The smallest absolute Gasteiger partial charge is 0.264 e. The lowest BCUT2D eigenvalue weighted by Crippen LogP contribution is -2.54. The molecule has 3 aliphatic heterocycles. The number of benzene rings is 3. The minimum absolute atomic E-state index is 0.0580. The molecule has 0 radical (unpaired) electrons. The zero-order chi connectivity index (χ0) is 46.6. The molecule has 344 valence electrons. The van der Waals surface area contributed by atoms with Gasteiger partial charge in [0, 0.05) is 60.9 Å². The number of sulfonamides is 1. The Balaban J connectivity index is 0.833. The number of halogens is 2. The standard InChI is InChI=1S/C45H52ClFN10O7S/c1-26-25-49-44(54-39(26)50-29-12-14-32(46)35(24-29)55-65(63,64)45(2,3)4)52-28-11-13-30(33(47)23-28)40(59)51-27-17-21-56(22-18-27)20-7-5-6-19-48-34-10-8-9-31-38(34)43(62)57(42(31)61)36-15-16-37(58)53-41(36)60/h8-14,23-25,27,36,48,55H,5-7,15-22H2,1-4H3,(H,51,59)(H,53,58,60)(H2,49,50,52,54). The minimum Gasteiger partial charge on any atom is -0.384 e. The van der Waals surface area contributed by atoms with Crippen molar-refractivity contribution in [3.63, 3.8) is 0 Å². The van der Waals surface area contributed by atoms with Gasteiger partial charge in [0.25, 0.3) is 17.7 Å². The second kappa shape index (κ2) is 19.5. The molecule has 3 aromatic carbocycles. The molecule has 0 saturated carbocycles. The van der Waals surface area contributed by atoms with Crippen molar-refractivity contribution in [1.29, 1.82) is 0 Å². The topological polar surface area (TPSA) is 224 Å². The number of aromatic nitrogens is 2. The Labute approximate surface area is 381 Å². The van der Waals surface area contributed by atoms with Gasteiger partial charge < -0.3 is 26.2 Å². The van der Waals surface area contributed by atoms with Gasteiger partial charge >= 0.3 is 0 Å². The van der Waals surface area contributed by atoms with Gasteiger partial charge in [0.2, 0.25) is 27.8 Å². The van der Waals surface area contributed by atoms with E-state index in [2.05, 4.69) is 46.2 Å². The Morgan fingerprint density at radius 3 is 2.38 bits per heavy atom. The maximum absolute atomic E-state index is 15.4. The summed E-state index contributed by atoms with van der Waals surface area (Å²) in [7, 11) is -3.73. The quantitative estimate of drug-likeness (QED) is 0.0524. The molecular formula is C45H52ClFN10O7S. The number of imide groups is 2. The molecule has 17 nitrogen and oxygen atoms in total. The van der Waals surface area contributed by atoms with Crippen molar-refractivity contribution in [1.82, 2.24) is 30.4 Å². The van der Waals surface area contributed by atoms with Crippen LogP contribution in [0.2, 0.25) is 5.02 Å². The zero-order valence-corrected chi connectivity index (χ0v) is 38.1. The Hall–Kier alpha value is -6.18. The number of aryl methyl sites for hydroxylation is 1. The molecule has 0 spiro atoms. The van der Waals surface area contributed by atoms with Crippen LogP contribution in [0.15, 0.2) is 60.8 Å². The van der Waals surface area contributed by atoms with Crippen molar-refractivity contribution in [2.24, 2.45) is 0 Å². The number of rotatable bonds is 16. The third-order valence-corrected chi connectivity index (χ3v) is 14.0. The SMILES string of the molecule is Cc1cnc(Nc2ccc(C(=O)NC3CCN(CCCCCNc4cccc5c4C(=O)N(C4CCC(=O)NC4=O)C5=O)CC3)c(F)c2)nc1Nc1ccc(Cl)c(NS(=O)(=O)C(C)(C)C)c1. The van der Waals surface area contributed by atoms with Crippen LogP contribution in [0.25, 0.3) is 0 Å². The van der Waals surface area contributed by atoms with E-state index in [0.717, 1.165) is 56.6 Å². The number of carbonyl (C=O) groups excluding carboxylic acids is 5. The monoisotopic (exact) mass is 930 g/mol. The van der Waals surface area contributed by atoms with Crippen molar-refractivity contribution in [3.8, 4) is 0 Å².